The zero-order valence-electron chi connectivity index (χ0n) is 5.73. The van der Waals surface area contributed by atoms with Gasteiger partial charge in [0.15, 0.2) is 0 Å². The molecular weight excluding hydrogens is 186 g/mol. The summed E-state index contributed by atoms with van der Waals surface area (Å²) in [4.78, 5) is 2.00. The Balaban J connectivity index is 0. The highest BCUT2D eigenvalue weighted by Crippen LogP contribution is 1.87. The molecule has 0 aliphatic rings. The van der Waals surface area contributed by atoms with Gasteiger partial charge in [0.05, 0.1) is 5.97 Å². The first kappa shape index (κ1) is 11.7. The zero-order valence-corrected chi connectivity index (χ0v) is 7.31. The smallest absolute Gasteiger partial charge is 0.312 e. The van der Waals surface area contributed by atoms with E-state index in [1.165, 1.54) is 5.97 Å². The molecule has 0 fully saturated rings. The average Bonchev–Trinajstić information content (AvgIpc) is 1.65. The fourth-order valence-corrected chi connectivity index (χ4v) is 0. The number of rotatable bonds is 0. The van der Waals surface area contributed by atoms with Crippen LogP contribution in [0.2, 0.25) is 0 Å². The van der Waals surface area contributed by atoms with Crippen LogP contribution in [0.15, 0.2) is 0 Å². The number of hydrogen-bond donors (Lipinski definition) is 0. The molecule has 0 rings (SSSR count). The first-order chi connectivity index (χ1) is 4.00. The van der Waals surface area contributed by atoms with Gasteiger partial charge in [0.2, 0.25) is 0 Å². The minimum atomic E-state index is -1.50. The van der Waals surface area contributed by atoms with Crippen molar-refractivity contribution in [2.24, 2.45) is 0 Å². The predicted octanol–water partition coefficient (Wildman–Crippen LogP) is 1.08. The van der Waals surface area contributed by atoms with Gasteiger partial charge in [-0.1, -0.05) is 15.8 Å². The van der Waals surface area contributed by atoms with E-state index in [9.17, 15) is 4.32 Å². The van der Waals surface area contributed by atoms with E-state index in [1.807, 2.05) is 26.0 Å². The van der Waals surface area contributed by atoms with E-state index in [4.69, 9.17) is 5.26 Å². The Labute approximate surface area is 63.7 Å². The maximum atomic E-state index is 11.0. The highest BCUT2D eigenvalue weighted by atomic mass is 79.9. The predicted molar refractivity (Wildman–Crippen MR) is 41.0 cm³/mol. The fraction of sp³-hybridized carbons (Fsp3) is 0.750. The third-order valence-corrected chi connectivity index (χ3v) is 0.302. The summed E-state index contributed by atoms with van der Waals surface area (Å²) < 4.78 is 11.0. The maximum Gasteiger partial charge on any atom is 0.531 e. The van der Waals surface area contributed by atoms with Crippen molar-refractivity contribution in [1.29, 1.82) is 5.26 Å². The third kappa shape index (κ3) is 75.1. The molecule has 0 spiro atoms. The molecule has 0 aromatic heterocycles. The van der Waals surface area contributed by atoms with E-state index in [2.05, 4.69) is 15.8 Å². The lowest BCUT2D eigenvalue weighted by atomic mass is 10.1. The second-order valence-electron chi connectivity index (χ2n) is 1.77. The quantitative estimate of drug-likeness (QED) is 0.540. The van der Waals surface area contributed by atoms with Crippen molar-refractivity contribution in [2.45, 2.75) is 0 Å². The van der Waals surface area contributed by atoms with Gasteiger partial charge in [-0.05, 0) is 21.1 Å². The Hall–Kier alpha value is -0.0751. The SMILES string of the molecule is CN(C)C.N#CB(F)Br. The van der Waals surface area contributed by atoms with Gasteiger partial charge >= 0.3 is 5.81 Å². The topological polar surface area (TPSA) is 27.0 Å². The molecule has 0 saturated heterocycles. The molecule has 9 heavy (non-hydrogen) atoms. The van der Waals surface area contributed by atoms with E-state index in [1.54, 1.807) is 0 Å². The second kappa shape index (κ2) is 7.92. The molecule has 5 heteroatoms. The summed E-state index contributed by atoms with van der Waals surface area (Å²) in [6.07, 6.45) is 0. The highest BCUT2D eigenvalue weighted by Gasteiger charge is 2.00. The Morgan fingerprint density at radius 3 is 1.67 bits per heavy atom. The first-order valence-corrected chi connectivity index (χ1v) is 3.21. The van der Waals surface area contributed by atoms with Crippen LogP contribution in [0.4, 0.5) is 4.32 Å². The summed E-state index contributed by atoms with van der Waals surface area (Å²) in [6.45, 7) is 0. The van der Waals surface area contributed by atoms with Crippen molar-refractivity contribution in [2.75, 3.05) is 21.1 Å². The molecule has 0 unspecified atom stereocenters. The van der Waals surface area contributed by atoms with Gasteiger partial charge in [-0.25, -0.2) is 5.26 Å². The van der Waals surface area contributed by atoms with Crippen molar-refractivity contribution in [3.05, 3.63) is 0 Å². The molecule has 0 aliphatic carbocycles. The second-order valence-corrected chi connectivity index (χ2v) is 2.58. The lowest BCUT2D eigenvalue weighted by Gasteiger charge is -1.90. The van der Waals surface area contributed by atoms with Crippen molar-refractivity contribution in [3.63, 3.8) is 0 Å². The van der Waals surface area contributed by atoms with Gasteiger partial charge in [-0.3, -0.25) is 4.32 Å². The summed E-state index contributed by atoms with van der Waals surface area (Å²) in [6, 6.07) is 0. The standard InChI is InChI=1S/C3H9N.CBBrFN/c1-4(2)3;3-2(4)1-5/h1-3H3;. The van der Waals surface area contributed by atoms with E-state index >= 15 is 0 Å². The third-order valence-electron chi connectivity index (χ3n) is 0.0976. The zero-order chi connectivity index (χ0) is 7.86. The van der Waals surface area contributed by atoms with Crippen LogP contribution in [0.3, 0.4) is 0 Å². The molecule has 0 aromatic carbocycles. The molecule has 0 heterocycles. The van der Waals surface area contributed by atoms with Crippen LogP contribution in [-0.2, 0) is 0 Å². The summed E-state index contributed by atoms with van der Waals surface area (Å²) in [7, 11) is 6.00. The van der Waals surface area contributed by atoms with Gasteiger partial charge < -0.3 is 4.90 Å². The number of nitrogens with zero attached hydrogens (tertiary/aromatic N) is 2. The Kier molecular flexibility index (Phi) is 10.3. The van der Waals surface area contributed by atoms with Gasteiger partial charge in [0.1, 0.15) is 0 Å². The lowest BCUT2D eigenvalue weighted by molar-refractivity contribution is 0.505. The van der Waals surface area contributed by atoms with Gasteiger partial charge in [-0.2, -0.15) is 0 Å². The maximum absolute atomic E-state index is 11.0. The molecular formula is C4H9BBrFN2. The molecule has 0 saturated carbocycles. The number of nitriles is 1. The lowest BCUT2D eigenvalue weighted by Crippen LogP contribution is -1.99. The van der Waals surface area contributed by atoms with Crippen LogP contribution in [0, 0.1) is 11.2 Å². The van der Waals surface area contributed by atoms with E-state index in [0.717, 1.165) is 0 Å². The van der Waals surface area contributed by atoms with Crippen LogP contribution in [0.25, 0.3) is 0 Å². The normalized spacial score (nSPS) is 7.22. The van der Waals surface area contributed by atoms with Gasteiger partial charge in [-0.15, -0.1) is 0 Å². The fourth-order valence-electron chi connectivity index (χ4n) is 0. The summed E-state index contributed by atoms with van der Waals surface area (Å²) in [5.74, 6) is -0.220. The van der Waals surface area contributed by atoms with Gasteiger partial charge in [0, 0.05) is 0 Å². The first-order valence-electron chi connectivity index (χ1n) is 2.29. The minimum Gasteiger partial charge on any atom is -0.312 e. The van der Waals surface area contributed by atoms with E-state index < -0.39 is 5.81 Å². The highest BCUT2D eigenvalue weighted by molar-refractivity contribution is 9.24. The van der Waals surface area contributed by atoms with Crippen LogP contribution >= 0.6 is 15.8 Å². The van der Waals surface area contributed by atoms with Crippen molar-refractivity contribution in [1.82, 2.24) is 4.90 Å². The van der Waals surface area contributed by atoms with Crippen LogP contribution < -0.4 is 0 Å². The number of hydrogen-bond acceptors (Lipinski definition) is 2. The molecule has 0 radical (unpaired) electrons. The van der Waals surface area contributed by atoms with Crippen LogP contribution in [0.5, 0.6) is 0 Å². The van der Waals surface area contributed by atoms with Crippen molar-refractivity contribution < 1.29 is 4.32 Å². The van der Waals surface area contributed by atoms with Crippen molar-refractivity contribution >= 4 is 21.6 Å². The summed E-state index contributed by atoms with van der Waals surface area (Å²) in [5, 5.41) is 7.47. The van der Waals surface area contributed by atoms with Gasteiger partial charge in [0.25, 0.3) is 0 Å². The summed E-state index contributed by atoms with van der Waals surface area (Å²) in [5.41, 5.74) is 0. The average molecular weight is 195 g/mol. The van der Waals surface area contributed by atoms with Crippen molar-refractivity contribution in [3.8, 4) is 5.97 Å². The van der Waals surface area contributed by atoms with E-state index in [0.29, 0.717) is 0 Å². The van der Waals surface area contributed by atoms with Crippen LogP contribution in [0.1, 0.15) is 0 Å². The molecule has 52 valence electrons. The van der Waals surface area contributed by atoms with E-state index in [-0.39, 0.29) is 0 Å². The number of halogens is 2. The molecule has 2 nitrogen and oxygen atoms in total. The Bertz CT molecular complexity index is 88.3. The molecule has 0 aromatic rings. The minimum absolute atomic E-state index is 1.28. The molecule has 0 N–H and O–H groups in total. The van der Waals surface area contributed by atoms with Crippen LogP contribution in [-0.4, -0.2) is 31.9 Å². The summed E-state index contributed by atoms with van der Waals surface area (Å²) >= 11 is 2.35. The monoisotopic (exact) mass is 194 g/mol. The Morgan fingerprint density at radius 1 is 1.56 bits per heavy atom. The Morgan fingerprint density at radius 2 is 1.67 bits per heavy atom. The largest absolute Gasteiger partial charge is 0.531 e. The molecule has 0 bridgehead atoms. The molecule has 0 atom stereocenters. The molecule has 0 amide bonds. The molecule has 0 aliphatic heterocycles.